The zero-order valence-corrected chi connectivity index (χ0v) is 11.0. The number of carboxylic acids is 1. The van der Waals surface area contributed by atoms with Gasteiger partial charge in [0.25, 0.3) is 0 Å². The Kier molecular flexibility index (Phi) is 5.75. The van der Waals surface area contributed by atoms with E-state index in [9.17, 15) is 18.4 Å². The van der Waals surface area contributed by atoms with Crippen LogP contribution < -0.4 is 5.32 Å². The first-order chi connectivity index (χ1) is 8.92. The number of carboxylic acid groups (broad SMARTS) is 1. The van der Waals surface area contributed by atoms with Crippen LogP contribution >= 0.6 is 11.8 Å². The van der Waals surface area contributed by atoms with Gasteiger partial charge in [0, 0.05) is 11.8 Å². The largest absolute Gasteiger partial charge is 0.480 e. The van der Waals surface area contributed by atoms with Gasteiger partial charge >= 0.3 is 5.97 Å². The number of carbonyl (C=O) groups is 2. The average Bonchev–Trinajstić information content (AvgIpc) is 2.27. The van der Waals surface area contributed by atoms with Gasteiger partial charge in [0.1, 0.15) is 16.9 Å². The van der Waals surface area contributed by atoms with Crippen molar-refractivity contribution in [2.24, 2.45) is 0 Å². The SMILES string of the molecule is CCC(SCC(=O)Nc1cc(F)cc(F)c1)C(=O)O. The highest BCUT2D eigenvalue weighted by Gasteiger charge is 2.17. The molecule has 2 N–H and O–H groups in total. The van der Waals surface area contributed by atoms with Crippen molar-refractivity contribution in [2.75, 3.05) is 11.1 Å². The molecule has 0 saturated carbocycles. The Morgan fingerprint density at radius 3 is 2.37 bits per heavy atom. The number of nitrogens with one attached hydrogen (secondary N) is 1. The second kappa shape index (κ2) is 7.08. The van der Waals surface area contributed by atoms with E-state index in [2.05, 4.69) is 5.32 Å². The molecule has 0 aliphatic carbocycles. The molecule has 1 aromatic carbocycles. The third kappa shape index (κ3) is 5.25. The molecule has 0 spiro atoms. The van der Waals surface area contributed by atoms with Crippen LogP contribution in [0.3, 0.4) is 0 Å². The van der Waals surface area contributed by atoms with Crippen molar-refractivity contribution in [1.82, 2.24) is 0 Å². The molecule has 0 aromatic heterocycles. The maximum absolute atomic E-state index is 12.9. The Morgan fingerprint density at radius 1 is 1.32 bits per heavy atom. The van der Waals surface area contributed by atoms with E-state index in [-0.39, 0.29) is 11.4 Å². The summed E-state index contributed by atoms with van der Waals surface area (Å²) in [6.45, 7) is 1.70. The predicted octanol–water partition coefficient (Wildman–Crippen LogP) is 2.50. The zero-order valence-electron chi connectivity index (χ0n) is 10.2. The van der Waals surface area contributed by atoms with Gasteiger partial charge in [0.05, 0.1) is 5.75 Å². The summed E-state index contributed by atoms with van der Waals surface area (Å²) in [6.07, 6.45) is 0.391. The summed E-state index contributed by atoms with van der Waals surface area (Å²) in [4.78, 5) is 22.2. The maximum atomic E-state index is 12.9. The van der Waals surface area contributed by atoms with Gasteiger partial charge in [-0.1, -0.05) is 6.92 Å². The van der Waals surface area contributed by atoms with Gasteiger partial charge < -0.3 is 10.4 Å². The van der Waals surface area contributed by atoms with E-state index in [1.165, 1.54) is 0 Å². The highest BCUT2D eigenvalue weighted by Crippen LogP contribution is 2.17. The number of amides is 1. The summed E-state index contributed by atoms with van der Waals surface area (Å²) >= 11 is 0.966. The number of carbonyl (C=O) groups excluding carboxylic acids is 1. The van der Waals surface area contributed by atoms with Crippen LogP contribution in [0.15, 0.2) is 18.2 Å². The van der Waals surface area contributed by atoms with Crippen molar-refractivity contribution in [1.29, 1.82) is 0 Å². The second-order valence-electron chi connectivity index (χ2n) is 3.75. The topological polar surface area (TPSA) is 66.4 Å². The fourth-order valence-corrected chi connectivity index (χ4v) is 2.17. The molecule has 1 unspecified atom stereocenters. The molecular formula is C12H13F2NO3S. The molecule has 0 fully saturated rings. The van der Waals surface area contributed by atoms with Crippen molar-refractivity contribution < 1.29 is 23.5 Å². The van der Waals surface area contributed by atoms with Crippen molar-refractivity contribution >= 4 is 29.3 Å². The number of rotatable bonds is 6. The fourth-order valence-electron chi connectivity index (χ4n) is 1.36. The number of aliphatic carboxylic acids is 1. The van der Waals surface area contributed by atoms with Gasteiger partial charge in [-0.25, -0.2) is 8.78 Å². The summed E-state index contributed by atoms with van der Waals surface area (Å²) in [6, 6.07) is 2.67. The Morgan fingerprint density at radius 2 is 1.89 bits per heavy atom. The molecule has 104 valence electrons. The molecule has 7 heteroatoms. The van der Waals surface area contributed by atoms with Crippen LogP contribution in [-0.4, -0.2) is 28.0 Å². The van der Waals surface area contributed by atoms with Crippen molar-refractivity contribution in [3.63, 3.8) is 0 Å². The molecule has 1 rings (SSSR count). The molecule has 0 aliphatic rings. The van der Waals surface area contributed by atoms with Gasteiger partial charge in [0.15, 0.2) is 0 Å². The fraction of sp³-hybridized carbons (Fsp3) is 0.333. The molecule has 1 atom stereocenters. The summed E-state index contributed by atoms with van der Waals surface area (Å²) < 4.78 is 25.8. The van der Waals surface area contributed by atoms with Crippen LogP contribution in [0.5, 0.6) is 0 Å². The summed E-state index contributed by atoms with van der Waals surface area (Å²) in [5.41, 5.74) is 0.00599. The molecule has 19 heavy (non-hydrogen) atoms. The Balaban J connectivity index is 2.53. The summed E-state index contributed by atoms with van der Waals surface area (Å²) in [5.74, 6) is -3.17. The molecule has 0 saturated heterocycles. The number of anilines is 1. The minimum Gasteiger partial charge on any atom is -0.480 e. The van der Waals surface area contributed by atoms with E-state index < -0.39 is 28.8 Å². The first-order valence-electron chi connectivity index (χ1n) is 5.52. The van der Waals surface area contributed by atoms with E-state index in [4.69, 9.17) is 5.11 Å². The van der Waals surface area contributed by atoms with Crippen LogP contribution in [0.4, 0.5) is 14.5 Å². The quantitative estimate of drug-likeness (QED) is 0.844. The minimum absolute atomic E-state index is 0.00599. The average molecular weight is 289 g/mol. The smallest absolute Gasteiger partial charge is 0.316 e. The maximum Gasteiger partial charge on any atom is 0.316 e. The van der Waals surface area contributed by atoms with Crippen LogP contribution in [0.1, 0.15) is 13.3 Å². The highest BCUT2D eigenvalue weighted by atomic mass is 32.2. The Hall–Kier alpha value is -1.63. The van der Waals surface area contributed by atoms with E-state index in [0.717, 1.165) is 23.9 Å². The first kappa shape index (κ1) is 15.4. The van der Waals surface area contributed by atoms with Gasteiger partial charge in [-0.05, 0) is 18.6 Å². The number of benzene rings is 1. The lowest BCUT2D eigenvalue weighted by Crippen LogP contribution is -2.21. The predicted molar refractivity (Wildman–Crippen MR) is 69.2 cm³/mol. The number of halogens is 2. The number of hydrogen-bond acceptors (Lipinski definition) is 3. The molecule has 1 amide bonds. The third-order valence-corrected chi connectivity index (χ3v) is 3.57. The number of thioether (sulfide) groups is 1. The standard InChI is InChI=1S/C12H13F2NO3S/c1-2-10(12(17)18)19-6-11(16)15-9-4-7(13)3-8(14)5-9/h3-5,10H,2,6H2,1H3,(H,15,16)(H,17,18). The molecule has 4 nitrogen and oxygen atoms in total. The molecule has 0 radical (unpaired) electrons. The van der Waals surface area contributed by atoms with E-state index in [0.29, 0.717) is 12.5 Å². The van der Waals surface area contributed by atoms with Crippen molar-refractivity contribution in [3.05, 3.63) is 29.8 Å². The summed E-state index contributed by atoms with van der Waals surface area (Å²) in [7, 11) is 0. The second-order valence-corrected chi connectivity index (χ2v) is 4.94. The van der Waals surface area contributed by atoms with Crippen LogP contribution in [0.25, 0.3) is 0 Å². The Bertz CT molecular complexity index is 462. The third-order valence-electron chi connectivity index (χ3n) is 2.21. The van der Waals surface area contributed by atoms with Gasteiger partial charge in [-0.2, -0.15) is 0 Å². The Labute approximate surface area is 113 Å². The molecule has 0 bridgehead atoms. The molecule has 1 aromatic rings. The lowest BCUT2D eigenvalue weighted by Gasteiger charge is -2.09. The molecular weight excluding hydrogens is 276 g/mol. The molecule has 0 heterocycles. The van der Waals surface area contributed by atoms with Crippen LogP contribution in [0, 0.1) is 11.6 Å². The lowest BCUT2D eigenvalue weighted by molar-refractivity contribution is -0.136. The van der Waals surface area contributed by atoms with Gasteiger partial charge in [-0.3, -0.25) is 9.59 Å². The van der Waals surface area contributed by atoms with Crippen LogP contribution in [0.2, 0.25) is 0 Å². The first-order valence-corrected chi connectivity index (χ1v) is 6.57. The molecule has 0 aliphatic heterocycles. The zero-order chi connectivity index (χ0) is 14.4. The summed E-state index contributed by atoms with van der Waals surface area (Å²) in [5, 5.41) is 10.4. The lowest BCUT2D eigenvalue weighted by atomic mass is 10.3. The van der Waals surface area contributed by atoms with Gasteiger partial charge in [-0.15, -0.1) is 11.8 Å². The van der Waals surface area contributed by atoms with Crippen molar-refractivity contribution in [2.45, 2.75) is 18.6 Å². The van der Waals surface area contributed by atoms with Gasteiger partial charge in [0.2, 0.25) is 5.91 Å². The van der Waals surface area contributed by atoms with E-state index in [1.54, 1.807) is 6.92 Å². The van der Waals surface area contributed by atoms with Crippen molar-refractivity contribution in [3.8, 4) is 0 Å². The normalized spacial score (nSPS) is 11.9. The van der Waals surface area contributed by atoms with E-state index >= 15 is 0 Å². The van der Waals surface area contributed by atoms with Crippen LogP contribution in [-0.2, 0) is 9.59 Å². The minimum atomic E-state index is -0.989. The monoisotopic (exact) mass is 289 g/mol. The van der Waals surface area contributed by atoms with E-state index in [1.807, 2.05) is 0 Å². The number of hydrogen-bond donors (Lipinski definition) is 2. The highest BCUT2D eigenvalue weighted by molar-refractivity contribution is 8.01.